The molecule has 0 fully saturated rings. The van der Waals surface area contributed by atoms with E-state index in [0.717, 1.165) is 5.69 Å². The maximum Gasteiger partial charge on any atom is 0.276 e. The molecule has 0 saturated heterocycles. The van der Waals surface area contributed by atoms with Gasteiger partial charge in [-0.3, -0.25) is 10.1 Å². The van der Waals surface area contributed by atoms with Gasteiger partial charge < -0.3 is 15.7 Å². The molecule has 0 spiro atoms. The number of aliphatic hydroxyl groups excluding tert-OH is 1. The second kappa shape index (κ2) is 7.15. The SMILES string of the molecule is CN(C)c1ccc(C(N)CCO)c([N+](=O)[O-])c1.Cl. The number of halogens is 1. The van der Waals surface area contributed by atoms with E-state index < -0.39 is 11.0 Å². The number of nitro benzene ring substituents is 1. The number of hydrogen-bond donors (Lipinski definition) is 2. The van der Waals surface area contributed by atoms with E-state index >= 15 is 0 Å². The van der Waals surface area contributed by atoms with E-state index in [-0.39, 0.29) is 24.7 Å². The number of anilines is 1. The predicted molar refractivity (Wildman–Crippen MR) is 73.3 cm³/mol. The Kier molecular flexibility index (Phi) is 6.61. The first-order valence-corrected chi connectivity index (χ1v) is 5.29. The molecule has 1 atom stereocenters. The number of nitro groups is 1. The van der Waals surface area contributed by atoms with Crippen molar-refractivity contribution in [3.63, 3.8) is 0 Å². The lowest BCUT2D eigenvalue weighted by molar-refractivity contribution is -0.385. The largest absolute Gasteiger partial charge is 0.396 e. The number of benzene rings is 1. The van der Waals surface area contributed by atoms with E-state index in [1.54, 1.807) is 17.0 Å². The second-order valence-electron chi connectivity index (χ2n) is 4.01. The van der Waals surface area contributed by atoms with Crippen molar-refractivity contribution in [2.75, 3.05) is 25.6 Å². The summed E-state index contributed by atoms with van der Waals surface area (Å²) in [6.45, 7) is -0.0895. The Balaban J connectivity index is 0.00000289. The highest BCUT2D eigenvalue weighted by atomic mass is 35.5. The maximum absolute atomic E-state index is 11.0. The number of hydrogen-bond acceptors (Lipinski definition) is 5. The first kappa shape index (κ1) is 16.6. The van der Waals surface area contributed by atoms with Crippen molar-refractivity contribution in [3.05, 3.63) is 33.9 Å². The average Bonchev–Trinajstić information content (AvgIpc) is 2.28. The van der Waals surface area contributed by atoms with E-state index in [1.807, 2.05) is 14.1 Å². The lowest BCUT2D eigenvalue weighted by Gasteiger charge is -2.15. The van der Waals surface area contributed by atoms with Crippen molar-refractivity contribution >= 4 is 23.8 Å². The van der Waals surface area contributed by atoms with E-state index in [0.29, 0.717) is 12.0 Å². The minimum Gasteiger partial charge on any atom is -0.396 e. The molecule has 6 nitrogen and oxygen atoms in total. The number of nitrogens with two attached hydrogens (primary N) is 1. The zero-order chi connectivity index (χ0) is 13.0. The van der Waals surface area contributed by atoms with Crippen molar-refractivity contribution < 1.29 is 10.0 Å². The van der Waals surface area contributed by atoms with Crippen molar-refractivity contribution in [1.29, 1.82) is 0 Å². The van der Waals surface area contributed by atoms with Crippen molar-refractivity contribution in [3.8, 4) is 0 Å². The van der Waals surface area contributed by atoms with Crippen molar-refractivity contribution in [2.24, 2.45) is 5.73 Å². The van der Waals surface area contributed by atoms with Gasteiger partial charge in [-0.1, -0.05) is 0 Å². The lowest BCUT2D eigenvalue weighted by Crippen LogP contribution is -2.15. The number of aliphatic hydroxyl groups is 1. The van der Waals surface area contributed by atoms with Crippen molar-refractivity contribution in [2.45, 2.75) is 12.5 Å². The van der Waals surface area contributed by atoms with Gasteiger partial charge in [0.25, 0.3) is 5.69 Å². The Morgan fingerprint density at radius 1 is 1.50 bits per heavy atom. The summed E-state index contributed by atoms with van der Waals surface area (Å²) in [7, 11) is 3.62. The summed E-state index contributed by atoms with van der Waals surface area (Å²) >= 11 is 0. The first-order chi connectivity index (χ1) is 7.97. The first-order valence-electron chi connectivity index (χ1n) is 5.29. The van der Waals surface area contributed by atoms with Crippen LogP contribution >= 0.6 is 12.4 Å². The van der Waals surface area contributed by atoms with Crippen LogP contribution in [0.15, 0.2) is 18.2 Å². The molecule has 1 unspecified atom stereocenters. The van der Waals surface area contributed by atoms with Crippen molar-refractivity contribution in [1.82, 2.24) is 0 Å². The van der Waals surface area contributed by atoms with Crippen LogP contribution < -0.4 is 10.6 Å². The van der Waals surface area contributed by atoms with Gasteiger partial charge in [-0.15, -0.1) is 12.4 Å². The number of rotatable bonds is 5. The molecule has 0 bridgehead atoms. The molecule has 0 radical (unpaired) electrons. The molecule has 0 heterocycles. The van der Waals surface area contributed by atoms with E-state index in [2.05, 4.69) is 0 Å². The molecule has 0 saturated carbocycles. The highest BCUT2D eigenvalue weighted by molar-refractivity contribution is 5.85. The quantitative estimate of drug-likeness (QED) is 0.627. The molecular formula is C11H18ClN3O3. The van der Waals surface area contributed by atoms with Gasteiger partial charge in [-0.25, -0.2) is 0 Å². The normalized spacial score (nSPS) is 11.6. The highest BCUT2D eigenvalue weighted by Gasteiger charge is 2.20. The zero-order valence-electron chi connectivity index (χ0n) is 10.4. The summed E-state index contributed by atoms with van der Waals surface area (Å²) in [5, 5.41) is 19.8. The fourth-order valence-corrected chi connectivity index (χ4v) is 1.58. The summed E-state index contributed by atoms with van der Waals surface area (Å²) < 4.78 is 0. The molecule has 0 aromatic heterocycles. The van der Waals surface area contributed by atoms with Gasteiger partial charge in [0.05, 0.1) is 4.92 Å². The average molecular weight is 276 g/mol. The summed E-state index contributed by atoms with van der Waals surface area (Å²) in [6.07, 6.45) is 0.308. The van der Waals surface area contributed by atoms with Crippen LogP contribution in [0.5, 0.6) is 0 Å². The summed E-state index contributed by atoms with van der Waals surface area (Å²) in [5.74, 6) is 0. The minimum absolute atomic E-state index is 0. The van der Waals surface area contributed by atoms with Gasteiger partial charge in [0.2, 0.25) is 0 Å². The predicted octanol–water partition coefficient (Wildman–Crippen LogP) is 1.46. The van der Waals surface area contributed by atoms with Crippen LogP contribution in [-0.4, -0.2) is 30.7 Å². The Morgan fingerprint density at radius 2 is 2.11 bits per heavy atom. The molecule has 1 aromatic carbocycles. The van der Waals surface area contributed by atoms with Gasteiger partial charge in [-0.2, -0.15) is 0 Å². The van der Waals surface area contributed by atoms with Gasteiger partial charge in [0, 0.05) is 44.1 Å². The Morgan fingerprint density at radius 3 is 2.56 bits per heavy atom. The zero-order valence-corrected chi connectivity index (χ0v) is 11.2. The molecule has 102 valence electrons. The molecule has 0 aliphatic heterocycles. The van der Waals surface area contributed by atoms with Gasteiger partial charge in [0.1, 0.15) is 0 Å². The summed E-state index contributed by atoms with van der Waals surface area (Å²) in [4.78, 5) is 12.3. The van der Waals surface area contributed by atoms with Crippen LogP contribution in [0.3, 0.4) is 0 Å². The fourth-order valence-electron chi connectivity index (χ4n) is 1.58. The second-order valence-corrected chi connectivity index (χ2v) is 4.01. The molecule has 7 heteroatoms. The fraction of sp³-hybridized carbons (Fsp3) is 0.455. The summed E-state index contributed by atoms with van der Waals surface area (Å²) in [5.41, 5.74) is 6.99. The Hall–Kier alpha value is -1.37. The maximum atomic E-state index is 11.0. The number of nitrogens with zero attached hydrogens (tertiary/aromatic N) is 2. The third-order valence-corrected chi connectivity index (χ3v) is 2.57. The van der Waals surface area contributed by atoms with Gasteiger partial charge >= 0.3 is 0 Å². The van der Waals surface area contributed by atoms with Crippen LogP contribution in [0.25, 0.3) is 0 Å². The van der Waals surface area contributed by atoms with E-state index in [4.69, 9.17) is 10.8 Å². The molecule has 0 aliphatic rings. The molecular weight excluding hydrogens is 258 g/mol. The lowest BCUT2D eigenvalue weighted by atomic mass is 10.0. The van der Waals surface area contributed by atoms with Crippen LogP contribution in [0.2, 0.25) is 0 Å². The third-order valence-electron chi connectivity index (χ3n) is 2.57. The van der Waals surface area contributed by atoms with Crippen LogP contribution in [0, 0.1) is 10.1 Å². The standard InChI is InChI=1S/C11H17N3O3.ClH/c1-13(2)8-3-4-9(10(12)5-6-15)11(7-8)14(16)17;/h3-4,7,10,15H,5-6,12H2,1-2H3;1H. The molecule has 18 heavy (non-hydrogen) atoms. The van der Waals surface area contributed by atoms with E-state index in [9.17, 15) is 10.1 Å². The highest BCUT2D eigenvalue weighted by Crippen LogP contribution is 2.29. The molecule has 0 amide bonds. The molecule has 3 N–H and O–H groups in total. The smallest absolute Gasteiger partial charge is 0.276 e. The van der Waals surface area contributed by atoms with Crippen LogP contribution in [0.1, 0.15) is 18.0 Å². The summed E-state index contributed by atoms with van der Waals surface area (Å²) in [6, 6.07) is 4.40. The molecule has 1 aromatic rings. The van der Waals surface area contributed by atoms with Crippen LogP contribution in [-0.2, 0) is 0 Å². The van der Waals surface area contributed by atoms with E-state index in [1.165, 1.54) is 6.07 Å². The topological polar surface area (TPSA) is 92.6 Å². The van der Waals surface area contributed by atoms with Crippen LogP contribution in [0.4, 0.5) is 11.4 Å². The Labute approximate surface area is 112 Å². The van der Waals surface area contributed by atoms with Gasteiger partial charge in [0.15, 0.2) is 0 Å². The third kappa shape index (κ3) is 3.83. The Bertz CT molecular complexity index is 413. The van der Waals surface area contributed by atoms with Gasteiger partial charge in [-0.05, 0) is 18.6 Å². The monoisotopic (exact) mass is 275 g/mol. The molecule has 1 rings (SSSR count). The minimum atomic E-state index is -0.517. The molecule has 0 aliphatic carbocycles.